The summed E-state index contributed by atoms with van der Waals surface area (Å²) in [6.07, 6.45) is 0. The molecular formula is C8H10N2O3. The summed E-state index contributed by atoms with van der Waals surface area (Å²) in [7, 11) is 0. The summed E-state index contributed by atoms with van der Waals surface area (Å²) in [5.41, 5.74) is 5.44. The van der Waals surface area contributed by atoms with Crippen LogP contribution < -0.4 is 16.0 Å². The van der Waals surface area contributed by atoms with E-state index in [2.05, 4.69) is 4.98 Å². The van der Waals surface area contributed by atoms with Gasteiger partial charge in [-0.3, -0.25) is 9.59 Å². The van der Waals surface area contributed by atoms with Crippen LogP contribution in [0, 0.1) is 6.92 Å². The third-order valence-electron chi connectivity index (χ3n) is 1.42. The maximum Gasteiger partial charge on any atom is 0.308 e. The Morgan fingerprint density at radius 1 is 1.62 bits per heavy atom. The standard InChI is InChI=1S/C8H10N2O3/c1-4-3-6(13-5(2)11)7(9)8(12)10-4/h3H,9H2,1-2H3,(H,10,12). The van der Waals surface area contributed by atoms with Gasteiger partial charge >= 0.3 is 5.97 Å². The van der Waals surface area contributed by atoms with Gasteiger partial charge in [0.2, 0.25) is 0 Å². The molecule has 13 heavy (non-hydrogen) atoms. The predicted molar refractivity (Wildman–Crippen MR) is 47.5 cm³/mol. The summed E-state index contributed by atoms with van der Waals surface area (Å²) in [5, 5.41) is 0. The fraction of sp³-hybridized carbons (Fsp3) is 0.250. The molecule has 1 rings (SSSR count). The van der Waals surface area contributed by atoms with Gasteiger partial charge in [-0.25, -0.2) is 0 Å². The molecule has 0 atom stereocenters. The summed E-state index contributed by atoms with van der Waals surface area (Å²) >= 11 is 0. The van der Waals surface area contributed by atoms with Crippen LogP contribution in [0.3, 0.4) is 0 Å². The molecule has 0 radical (unpaired) electrons. The first-order chi connectivity index (χ1) is 6.00. The summed E-state index contributed by atoms with van der Waals surface area (Å²) in [5.74, 6) is -0.398. The van der Waals surface area contributed by atoms with E-state index in [0.717, 1.165) is 0 Å². The third-order valence-corrected chi connectivity index (χ3v) is 1.42. The van der Waals surface area contributed by atoms with Crippen molar-refractivity contribution in [3.63, 3.8) is 0 Å². The van der Waals surface area contributed by atoms with Crippen LogP contribution in [0.15, 0.2) is 10.9 Å². The van der Waals surface area contributed by atoms with Gasteiger partial charge in [0, 0.05) is 18.7 Å². The molecule has 0 aliphatic carbocycles. The molecule has 0 spiro atoms. The first-order valence-corrected chi connectivity index (χ1v) is 3.68. The van der Waals surface area contributed by atoms with Crippen LogP contribution in [0.2, 0.25) is 0 Å². The lowest BCUT2D eigenvalue weighted by Gasteiger charge is -2.04. The lowest BCUT2D eigenvalue weighted by molar-refractivity contribution is -0.131. The molecule has 1 aromatic rings. The zero-order chi connectivity index (χ0) is 10.0. The van der Waals surface area contributed by atoms with E-state index < -0.39 is 11.5 Å². The normalized spacial score (nSPS) is 9.69. The molecule has 1 aromatic heterocycles. The molecule has 5 heteroatoms. The molecule has 0 aliphatic rings. The minimum atomic E-state index is -0.503. The summed E-state index contributed by atoms with van der Waals surface area (Å²) in [6, 6.07) is 1.50. The van der Waals surface area contributed by atoms with Gasteiger partial charge in [-0.05, 0) is 6.92 Å². The number of nitrogen functional groups attached to an aromatic ring is 1. The van der Waals surface area contributed by atoms with Crippen LogP contribution >= 0.6 is 0 Å². The van der Waals surface area contributed by atoms with E-state index in [4.69, 9.17) is 10.5 Å². The minimum absolute atomic E-state index is 0.0826. The molecule has 5 nitrogen and oxygen atoms in total. The van der Waals surface area contributed by atoms with E-state index in [9.17, 15) is 9.59 Å². The second-order valence-electron chi connectivity index (χ2n) is 2.65. The van der Waals surface area contributed by atoms with Crippen LogP contribution in [0.1, 0.15) is 12.6 Å². The van der Waals surface area contributed by atoms with Crippen LogP contribution in [0.4, 0.5) is 5.69 Å². The highest BCUT2D eigenvalue weighted by Crippen LogP contribution is 2.16. The van der Waals surface area contributed by atoms with E-state index in [1.807, 2.05) is 0 Å². The van der Waals surface area contributed by atoms with Gasteiger partial charge in [0.15, 0.2) is 5.75 Å². The predicted octanol–water partition coefficient (Wildman–Crippen LogP) is 0.191. The smallest absolute Gasteiger partial charge is 0.308 e. The number of aromatic amines is 1. The number of aromatic nitrogens is 1. The summed E-state index contributed by atoms with van der Waals surface area (Å²) in [6.45, 7) is 2.92. The number of nitrogens with two attached hydrogens (primary N) is 1. The van der Waals surface area contributed by atoms with Crippen molar-refractivity contribution in [2.24, 2.45) is 0 Å². The van der Waals surface area contributed by atoms with Crippen molar-refractivity contribution < 1.29 is 9.53 Å². The number of H-pyrrole nitrogens is 1. The van der Waals surface area contributed by atoms with E-state index in [-0.39, 0.29) is 11.4 Å². The molecule has 0 unspecified atom stereocenters. The van der Waals surface area contributed by atoms with Gasteiger partial charge in [0.05, 0.1) is 0 Å². The fourth-order valence-corrected chi connectivity index (χ4v) is 0.908. The van der Waals surface area contributed by atoms with Gasteiger partial charge in [-0.1, -0.05) is 0 Å². The van der Waals surface area contributed by atoms with Crippen LogP contribution in [0.25, 0.3) is 0 Å². The van der Waals surface area contributed by atoms with Crippen molar-refractivity contribution in [1.29, 1.82) is 0 Å². The number of carbonyl (C=O) groups is 1. The van der Waals surface area contributed by atoms with Crippen molar-refractivity contribution in [2.45, 2.75) is 13.8 Å². The lowest BCUT2D eigenvalue weighted by atomic mass is 10.3. The maximum atomic E-state index is 11.1. The molecule has 0 amide bonds. The Kier molecular flexibility index (Phi) is 2.36. The average Bonchev–Trinajstić information content (AvgIpc) is 1.98. The molecule has 0 saturated heterocycles. The number of rotatable bonds is 1. The number of carbonyl (C=O) groups excluding carboxylic acids is 1. The van der Waals surface area contributed by atoms with Crippen LogP contribution in [0.5, 0.6) is 5.75 Å². The summed E-state index contributed by atoms with van der Waals surface area (Å²) < 4.78 is 4.72. The average molecular weight is 182 g/mol. The van der Waals surface area contributed by atoms with E-state index >= 15 is 0 Å². The number of aryl methyl sites for hydroxylation is 1. The van der Waals surface area contributed by atoms with Crippen molar-refractivity contribution in [3.05, 3.63) is 22.1 Å². The first-order valence-electron chi connectivity index (χ1n) is 3.68. The highest BCUT2D eigenvalue weighted by atomic mass is 16.5. The number of esters is 1. The first kappa shape index (κ1) is 9.31. The van der Waals surface area contributed by atoms with Crippen molar-refractivity contribution in [3.8, 4) is 5.75 Å². The van der Waals surface area contributed by atoms with E-state index in [1.54, 1.807) is 6.92 Å². The number of ether oxygens (including phenoxy) is 1. The van der Waals surface area contributed by atoms with Gasteiger partial charge in [0.1, 0.15) is 5.69 Å². The quantitative estimate of drug-likeness (QED) is 0.607. The molecule has 0 fully saturated rings. The van der Waals surface area contributed by atoms with Gasteiger partial charge in [0.25, 0.3) is 5.56 Å². The van der Waals surface area contributed by atoms with Gasteiger partial charge in [-0.2, -0.15) is 0 Å². The number of anilines is 1. The van der Waals surface area contributed by atoms with Gasteiger partial charge in [-0.15, -0.1) is 0 Å². The Labute approximate surface area is 74.5 Å². The second-order valence-corrected chi connectivity index (χ2v) is 2.65. The zero-order valence-corrected chi connectivity index (χ0v) is 7.38. The second kappa shape index (κ2) is 3.30. The molecule has 1 heterocycles. The van der Waals surface area contributed by atoms with Crippen molar-refractivity contribution in [2.75, 3.05) is 5.73 Å². The molecule has 70 valence electrons. The SMILES string of the molecule is CC(=O)Oc1cc(C)[nH]c(=O)c1N. The lowest BCUT2D eigenvalue weighted by Crippen LogP contribution is -2.16. The Hall–Kier alpha value is -1.78. The fourth-order valence-electron chi connectivity index (χ4n) is 0.908. The van der Waals surface area contributed by atoms with Crippen LogP contribution in [-0.4, -0.2) is 11.0 Å². The summed E-state index contributed by atoms with van der Waals surface area (Å²) in [4.78, 5) is 24.1. The molecule has 0 bridgehead atoms. The van der Waals surface area contributed by atoms with Gasteiger partial charge < -0.3 is 15.5 Å². The number of nitrogens with one attached hydrogen (secondary N) is 1. The Morgan fingerprint density at radius 2 is 2.23 bits per heavy atom. The molecular weight excluding hydrogens is 172 g/mol. The zero-order valence-electron chi connectivity index (χ0n) is 7.38. The molecule has 3 N–H and O–H groups in total. The molecule has 0 aromatic carbocycles. The minimum Gasteiger partial charge on any atom is -0.424 e. The van der Waals surface area contributed by atoms with E-state index in [0.29, 0.717) is 5.69 Å². The Bertz CT molecular complexity index is 395. The largest absolute Gasteiger partial charge is 0.424 e. The number of hydrogen-bond acceptors (Lipinski definition) is 4. The Morgan fingerprint density at radius 3 is 2.77 bits per heavy atom. The highest BCUT2D eigenvalue weighted by Gasteiger charge is 2.07. The highest BCUT2D eigenvalue weighted by molar-refractivity contribution is 5.71. The Balaban J connectivity index is 3.20. The maximum absolute atomic E-state index is 11.1. The van der Waals surface area contributed by atoms with Crippen LogP contribution in [-0.2, 0) is 4.79 Å². The third kappa shape index (κ3) is 2.08. The molecule has 0 aliphatic heterocycles. The van der Waals surface area contributed by atoms with E-state index in [1.165, 1.54) is 13.0 Å². The van der Waals surface area contributed by atoms with Crippen molar-refractivity contribution >= 4 is 11.7 Å². The topological polar surface area (TPSA) is 85.2 Å². The van der Waals surface area contributed by atoms with Crippen molar-refractivity contribution in [1.82, 2.24) is 4.98 Å². The number of hydrogen-bond donors (Lipinski definition) is 2. The number of pyridine rings is 1. The monoisotopic (exact) mass is 182 g/mol. The molecule has 0 saturated carbocycles.